The minimum absolute atomic E-state index is 0.0265. The van der Waals surface area contributed by atoms with Crippen molar-refractivity contribution >= 4 is 9.84 Å². The highest BCUT2D eigenvalue weighted by Gasteiger charge is 2.16. The first kappa shape index (κ1) is 17.1. The van der Waals surface area contributed by atoms with Gasteiger partial charge in [0, 0.05) is 12.3 Å². The van der Waals surface area contributed by atoms with Gasteiger partial charge in [0.15, 0.2) is 0 Å². The van der Waals surface area contributed by atoms with Crippen LogP contribution in [0.5, 0.6) is 0 Å². The van der Waals surface area contributed by atoms with Crippen LogP contribution in [0.4, 0.5) is 4.39 Å². The van der Waals surface area contributed by atoms with Crippen molar-refractivity contribution in [3.05, 3.63) is 35.6 Å². The molecule has 0 amide bonds. The van der Waals surface area contributed by atoms with Crippen molar-refractivity contribution in [1.29, 1.82) is 0 Å². The molecule has 1 unspecified atom stereocenters. The van der Waals surface area contributed by atoms with E-state index in [9.17, 15) is 12.8 Å². The van der Waals surface area contributed by atoms with Gasteiger partial charge in [-0.1, -0.05) is 26.0 Å². The number of hydrogen-bond acceptors (Lipinski definition) is 3. The van der Waals surface area contributed by atoms with Gasteiger partial charge in [-0.15, -0.1) is 0 Å². The first-order chi connectivity index (χ1) is 9.48. The molecule has 20 heavy (non-hydrogen) atoms. The van der Waals surface area contributed by atoms with E-state index >= 15 is 0 Å². The van der Waals surface area contributed by atoms with Crippen molar-refractivity contribution in [1.82, 2.24) is 5.32 Å². The maximum absolute atomic E-state index is 13.3. The van der Waals surface area contributed by atoms with Crippen molar-refractivity contribution in [3.8, 4) is 0 Å². The lowest BCUT2D eigenvalue weighted by Gasteiger charge is -2.18. The number of hydrogen-bond donors (Lipinski definition) is 1. The largest absolute Gasteiger partial charge is 0.316 e. The SMILES string of the molecule is CCCNCC(CCS(=O)(=O)CC)c1cccc(F)c1. The van der Waals surface area contributed by atoms with Crippen molar-refractivity contribution in [2.45, 2.75) is 32.6 Å². The summed E-state index contributed by atoms with van der Waals surface area (Å²) in [6, 6.07) is 6.44. The molecule has 1 aromatic rings. The van der Waals surface area contributed by atoms with Gasteiger partial charge in [-0.2, -0.15) is 0 Å². The van der Waals surface area contributed by atoms with E-state index in [0.29, 0.717) is 13.0 Å². The fourth-order valence-corrected chi connectivity index (χ4v) is 3.00. The lowest BCUT2D eigenvalue weighted by molar-refractivity contribution is 0.550. The van der Waals surface area contributed by atoms with Crippen molar-refractivity contribution < 1.29 is 12.8 Å². The standard InChI is InChI=1S/C15H24FNO2S/c1-3-9-17-12-14(8-10-20(18,19)4-2)13-6-5-7-15(16)11-13/h5-7,11,14,17H,3-4,8-10,12H2,1-2H3. The molecule has 0 aliphatic carbocycles. The molecule has 0 radical (unpaired) electrons. The molecule has 0 saturated carbocycles. The van der Waals surface area contributed by atoms with Crippen LogP contribution in [0.2, 0.25) is 0 Å². The maximum Gasteiger partial charge on any atom is 0.150 e. The van der Waals surface area contributed by atoms with Crippen LogP contribution in [0, 0.1) is 5.82 Å². The normalized spacial score (nSPS) is 13.3. The van der Waals surface area contributed by atoms with Crippen molar-refractivity contribution in [3.63, 3.8) is 0 Å². The lowest BCUT2D eigenvalue weighted by Crippen LogP contribution is -2.24. The molecule has 1 N–H and O–H groups in total. The van der Waals surface area contributed by atoms with Crippen LogP contribution in [0.3, 0.4) is 0 Å². The average Bonchev–Trinajstić information content (AvgIpc) is 2.42. The van der Waals surface area contributed by atoms with E-state index in [1.807, 2.05) is 6.07 Å². The molecule has 1 aromatic carbocycles. The summed E-state index contributed by atoms with van der Waals surface area (Å²) in [6.07, 6.45) is 1.54. The Balaban J connectivity index is 2.74. The van der Waals surface area contributed by atoms with E-state index in [0.717, 1.165) is 18.5 Å². The summed E-state index contributed by atoms with van der Waals surface area (Å²) in [5.74, 6) is 0.0592. The molecular formula is C15H24FNO2S. The maximum atomic E-state index is 13.3. The molecule has 1 atom stereocenters. The second-order valence-electron chi connectivity index (χ2n) is 4.98. The van der Waals surface area contributed by atoms with Gasteiger partial charge in [-0.25, -0.2) is 12.8 Å². The third-order valence-electron chi connectivity index (χ3n) is 3.35. The van der Waals surface area contributed by atoms with E-state index in [2.05, 4.69) is 12.2 Å². The number of halogens is 1. The third-order valence-corrected chi connectivity index (χ3v) is 5.09. The predicted molar refractivity (Wildman–Crippen MR) is 81.2 cm³/mol. The summed E-state index contributed by atoms with van der Waals surface area (Å²) < 4.78 is 36.6. The highest BCUT2D eigenvalue weighted by atomic mass is 32.2. The molecule has 0 aliphatic rings. The van der Waals surface area contributed by atoms with Gasteiger partial charge < -0.3 is 5.32 Å². The summed E-state index contributed by atoms with van der Waals surface area (Å²) in [6.45, 7) is 5.29. The molecular weight excluding hydrogens is 277 g/mol. The zero-order valence-electron chi connectivity index (χ0n) is 12.2. The third kappa shape index (κ3) is 6.01. The molecule has 0 aliphatic heterocycles. The molecule has 0 saturated heterocycles. The number of sulfone groups is 1. The van der Waals surface area contributed by atoms with Crippen molar-refractivity contribution in [2.75, 3.05) is 24.6 Å². The fraction of sp³-hybridized carbons (Fsp3) is 0.600. The van der Waals surface area contributed by atoms with E-state index in [1.54, 1.807) is 13.0 Å². The molecule has 1 rings (SSSR count). The summed E-state index contributed by atoms with van der Waals surface area (Å²) in [7, 11) is -2.98. The zero-order valence-corrected chi connectivity index (χ0v) is 13.0. The summed E-state index contributed by atoms with van der Waals surface area (Å²) in [5, 5.41) is 3.29. The van der Waals surface area contributed by atoms with Crippen LogP contribution >= 0.6 is 0 Å². The minimum atomic E-state index is -2.98. The van der Waals surface area contributed by atoms with Gasteiger partial charge in [-0.05, 0) is 43.0 Å². The molecule has 0 spiro atoms. The first-order valence-corrected chi connectivity index (χ1v) is 8.97. The van der Waals surface area contributed by atoms with E-state index in [1.165, 1.54) is 12.1 Å². The number of benzene rings is 1. The van der Waals surface area contributed by atoms with Gasteiger partial charge in [0.25, 0.3) is 0 Å². The molecule has 0 heterocycles. The molecule has 0 bridgehead atoms. The molecule has 0 aromatic heterocycles. The van der Waals surface area contributed by atoms with Crippen LogP contribution in [0.15, 0.2) is 24.3 Å². The Morgan fingerprint density at radius 3 is 2.65 bits per heavy atom. The Kier molecular flexibility index (Phi) is 7.16. The second kappa shape index (κ2) is 8.37. The van der Waals surface area contributed by atoms with Gasteiger partial charge in [0.1, 0.15) is 15.7 Å². The van der Waals surface area contributed by atoms with Crippen LogP contribution in [0.1, 0.15) is 38.2 Å². The highest BCUT2D eigenvalue weighted by Crippen LogP contribution is 2.21. The van der Waals surface area contributed by atoms with E-state index in [-0.39, 0.29) is 23.2 Å². The topological polar surface area (TPSA) is 46.2 Å². The number of rotatable bonds is 9. The lowest BCUT2D eigenvalue weighted by atomic mass is 9.96. The smallest absolute Gasteiger partial charge is 0.150 e. The summed E-state index contributed by atoms with van der Waals surface area (Å²) in [5.41, 5.74) is 0.861. The second-order valence-corrected chi connectivity index (χ2v) is 7.45. The van der Waals surface area contributed by atoms with Gasteiger partial charge >= 0.3 is 0 Å². The minimum Gasteiger partial charge on any atom is -0.316 e. The van der Waals surface area contributed by atoms with Gasteiger partial charge in [0.2, 0.25) is 0 Å². The van der Waals surface area contributed by atoms with Crippen LogP contribution < -0.4 is 5.32 Å². The average molecular weight is 301 g/mol. The van der Waals surface area contributed by atoms with E-state index in [4.69, 9.17) is 0 Å². The molecule has 3 nitrogen and oxygen atoms in total. The highest BCUT2D eigenvalue weighted by molar-refractivity contribution is 7.91. The molecule has 5 heteroatoms. The van der Waals surface area contributed by atoms with Crippen LogP contribution in [-0.4, -0.2) is 33.0 Å². The number of nitrogens with one attached hydrogen (secondary N) is 1. The van der Waals surface area contributed by atoms with Crippen LogP contribution in [-0.2, 0) is 9.84 Å². The Morgan fingerprint density at radius 2 is 2.05 bits per heavy atom. The predicted octanol–water partition coefficient (Wildman–Crippen LogP) is 2.73. The summed E-state index contributed by atoms with van der Waals surface area (Å²) in [4.78, 5) is 0. The van der Waals surface area contributed by atoms with Gasteiger partial charge in [0.05, 0.1) is 5.75 Å². The Labute approximate surface area is 121 Å². The van der Waals surface area contributed by atoms with Gasteiger partial charge in [-0.3, -0.25) is 0 Å². The molecule has 114 valence electrons. The quantitative estimate of drug-likeness (QED) is 0.713. The summed E-state index contributed by atoms with van der Waals surface area (Å²) >= 11 is 0. The Bertz CT molecular complexity index is 502. The Morgan fingerprint density at radius 1 is 1.30 bits per heavy atom. The van der Waals surface area contributed by atoms with Crippen LogP contribution in [0.25, 0.3) is 0 Å². The zero-order chi connectivity index (χ0) is 15.0. The van der Waals surface area contributed by atoms with E-state index < -0.39 is 9.84 Å². The van der Waals surface area contributed by atoms with Crippen molar-refractivity contribution in [2.24, 2.45) is 0 Å². The fourth-order valence-electron chi connectivity index (χ4n) is 2.07. The molecule has 0 fully saturated rings. The first-order valence-electron chi connectivity index (χ1n) is 7.15. The Hall–Kier alpha value is -0.940. The monoisotopic (exact) mass is 301 g/mol.